The van der Waals surface area contributed by atoms with Gasteiger partial charge in [-0.15, -0.1) is 0 Å². The van der Waals surface area contributed by atoms with Gasteiger partial charge in [0.1, 0.15) is 11.8 Å². The molecule has 2 aromatic carbocycles. The van der Waals surface area contributed by atoms with Crippen LogP contribution in [-0.2, 0) is 6.54 Å². The molecule has 1 N–H and O–H groups in total. The Bertz CT molecular complexity index is 753. The molecule has 0 saturated heterocycles. The molecule has 0 bridgehead atoms. The highest BCUT2D eigenvalue weighted by molar-refractivity contribution is 6.30. The molecular formula is C17H15ClF2N2O2. The minimum absolute atomic E-state index is 0.250. The highest BCUT2D eigenvalue weighted by Gasteiger charge is 2.35. The fourth-order valence-electron chi connectivity index (χ4n) is 2.69. The van der Waals surface area contributed by atoms with Crippen LogP contribution in [0.5, 0.6) is 5.75 Å². The molecule has 1 atom stereocenters. The van der Waals surface area contributed by atoms with Gasteiger partial charge in [0.05, 0.1) is 19.3 Å². The molecule has 1 aliphatic heterocycles. The summed E-state index contributed by atoms with van der Waals surface area (Å²) in [6.07, 6.45) is -2.71. The number of carbonyl (C=O) groups is 1. The van der Waals surface area contributed by atoms with Crippen molar-refractivity contribution in [2.45, 2.75) is 19.0 Å². The first kappa shape index (κ1) is 16.5. The SMILES string of the molecule is COc1ccc(CN2C(=O)N[C@@H](C(F)F)c3cc(Cl)ccc32)cc1. The number of halogens is 3. The number of nitrogens with one attached hydrogen (secondary N) is 1. The fourth-order valence-corrected chi connectivity index (χ4v) is 2.87. The van der Waals surface area contributed by atoms with E-state index < -0.39 is 18.5 Å². The molecule has 126 valence electrons. The Morgan fingerprint density at radius 1 is 1.25 bits per heavy atom. The van der Waals surface area contributed by atoms with Crippen molar-refractivity contribution in [1.29, 1.82) is 0 Å². The highest BCUT2D eigenvalue weighted by Crippen LogP contribution is 2.36. The summed E-state index contributed by atoms with van der Waals surface area (Å²) in [5, 5.41) is 2.69. The molecule has 0 fully saturated rings. The van der Waals surface area contributed by atoms with E-state index in [-0.39, 0.29) is 6.54 Å². The zero-order valence-electron chi connectivity index (χ0n) is 12.8. The van der Waals surface area contributed by atoms with Gasteiger partial charge in [-0.1, -0.05) is 23.7 Å². The van der Waals surface area contributed by atoms with Crippen LogP contribution in [0.4, 0.5) is 19.3 Å². The van der Waals surface area contributed by atoms with Crippen LogP contribution in [0.15, 0.2) is 42.5 Å². The van der Waals surface area contributed by atoms with Gasteiger partial charge in [-0.3, -0.25) is 4.90 Å². The number of nitrogens with zero attached hydrogens (tertiary/aromatic N) is 1. The van der Waals surface area contributed by atoms with E-state index in [0.29, 0.717) is 22.0 Å². The number of anilines is 1. The molecule has 3 rings (SSSR count). The Morgan fingerprint density at radius 2 is 1.96 bits per heavy atom. The first-order valence-corrected chi connectivity index (χ1v) is 7.66. The molecule has 2 amide bonds. The van der Waals surface area contributed by atoms with Gasteiger partial charge in [0, 0.05) is 10.6 Å². The normalized spacial score (nSPS) is 16.8. The summed E-state index contributed by atoms with van der Waals surface area (Å²) in [6.45, 7) is 0.250. The molecule has 0 spiro atoms. The minimum atomic E-state index is -2.71. The quantitative estimate of drug-likeness (QED) is 0.887. The number of amides is 2. The monoisotopic (exact) mass is 352 g/mol. The van der Waals surface area contributed by atoms with E-state index in [1.165, 1.54) is 11.0 Å². The molecule has 1 aliphatic rings. The van der Waals surface area contributed by atoms with Gasteiger partial charge < -0.3 is 10.1 Å². The second kappa shape index (κ2) is 6.65. The Balaban J connectivity index is 1.95. The van der Waals surface area contributed by atoms with Gasteiger partial charge >= 0.3 is 6.03 Å². The largest absolute Gasteiger partial charge is 0.497 e. The zero-order valence-corrected chi connectivity index (χ0v) is 13.6. The number of ether oxygens (including phenoxy) is 1. The highest BCUT2D eigenvalue weighted by atomic mass is 35.5. The number of hydrogen-bond donors (Lipinski definition) is 1. The van der Waals surface area contributed by atoms with Crippen LogP contribution in [0.1, 0.15) is 17.2 Å². The molecule has 2 aromatic rings. The van der Waals surface area contributed by atoms with Crippen LogP contribution in [0.3, 0.4) is 0 Å². The van der Waals surface area contributed by atoms with E-state index in [1.807, 2.05) is 12.1 Å². The molecule has 0 unspecified atom stereocenters. The Morgan fingerprint density at radius 3 is 2.58 bits per heavy atom. The topological polar surface area (TPSA) is 41.6 Å². The number of benzene rings is 2. The third-order valence-electron chi connectivity index (χ3n) is 3.89. The summed E-state index contributed by atoms with van der Waals surface area (Å²) in [5.41, 5.74) is 1.59. The molecular weight excluding hydrogens is 338 g/mol. The van der Waals surface area contributed by atoms with Gasteiger partial charge in [-0.05, 0) is 35.9 Å². The minimum Gasteiger partial charge on any atom is -0.497 e. The number of carbonyl (C=O) groups excluding carboxylic acids is 1. The van der Waals surface area contributed by atoms with Crippen LogP contribution < -0.4 is 15.0 Å². The van der Waals surface area contributed by atoms with E-state index in [1.54, 1.807) is 31.4 Å². The predicted molar refractivity (Wildman–Crippen MR) is 87.9 cm³/mol. The summed E-state index contributed by atoms with van der Waals surface area (Å²) >= 11 is 5.93. The van der Waals surface area contributed by atoms with Gasteiger partial charge in [-0.2, -0.15) is 0 Å². The number of hydrogen-bond acceptors (Lipinski definition) is 2. The average molecular weight is 353 g/mol. The summed E-state index contributed by atoms with van der Waals surface area (Å²) in [5.74, 6) is 0.701. The van der Waals surface area contributed by atoms with E-state index in [2.05, 4.69) is 5.32 Å². The second-order valence-corrected chi connectivity index (χ2v) is 5.84. The Hall–Kier alpha value is -2.34. The number of methoxy groups -OCH3 is 1. The zero-order chi connectivity index (χ0) is 17.3. The maximum atomic E-state index is 13.3. The van der Waals surface area contributed by atoms with Crippen molar-refractivity contribution in [2.75, 3.05) is 12.0 Å². The summed E-state index contributed by atoms with van der Waals surface area (Å²) in [4.78, 5) is 13.7. The van der Waals surface area contributed by atoms with E-state index >= 15 is 0 Å². The van der Waals surface area contributed by atoms with Crippen LogP contribution in [-0.4, -0.2) is 19.6 Å². The predicted octanol–water partition coefficient (Wildman–Crippen LogP) is 4.38. The standard InChI is InChI=1S/C17H15ClF2N2O2/c1-24-12-5-2-10(3-6-12)9-22-14-7-4-11(18)8-13(14)15(16(19)20)21-17(22)23/h2-8,15-16H,9H2,1H3,(H,21,23)/t15-/m1/s1. The molecule has 0 radical (unpaired) electrons. The summed E-state index contributed by atoms with van der Waals surface area (Å²) in [6, 6.07) is 9.92. The van der Waals surface area contributed by atoms with Crippen molar-refractivity contribution < 1.29 is 18.3 Å². The van der Waals surface area contributed by atoms with Crippen LogP contribution in [0.2, 0.25) is 5.02 Å². The van der Waals surface area contributed by atoms with Gasteiger partial charge in [0.15, 0.2) is 0 Å². The van der Waals surface area contributed by atoms with Crippen molar-refractivity contribution in [1.82, 2.24) is 5.32 Å². The van der Waals surface area contributed by atoms with Crippen molar-refractivity contribution in [3.63, 3.8) is 0 Å². The number of urea groups is 1. The molecule has 7 heteroatoms. The first-order chi connectivity index (χ1) is 11.5. The van der Waals surface area contributed by atoms with Crippen molar-refractivity contribution >= 4 is 23.3 Å². The number of rotatable bonds is 4. The van der Waals surface area contributed by atoms with E-state index in [0.717, 1.165) is 5.56 Å². The Labute approximate surface area is 143 Å². The number of alkyl halides is 2. The maximum absolute atomic E-state index is 13.3. The summed E-state index contributed by atoms with van der Waals surface area (Å²) in [7, 11) is 1.57. The van der Waals surface area contributed by atoms with Crippen LogP contribution >= 0.6 is 11.6 Å². The molecule has 0 aromatic heterocycles. The van der Waals surface area contributed by atoms with Crippen LogP contribution in [0.25, 0.3) is 0 Å². The lowest BCUT2D eigenvalue weighted by atomic mass is 10.0. The number of fused-ring (bicyclic) bond motifs is 1. The molecule has 1 heterocycles. The van der Waals surface area contributed by atoms with E-state index in [4.69, 9.17) is 16.3 Å². The van der Waals surface area contributed by atoms with Crippen molar-refractivity contribution in [2.24, 2.45) is 0 Å². The Kier molecular flexibility index (Phi) is 4.57. The first-order valence-electron chi connectivity index (χ1n) is 7.28. The van der Waals surface area contributed by atoms with Gasteiger partial charge in [0.25, 0.3) is 6.43 Å². The summed E-state index contributed by atoms with van der Waals surface area (Å²) < 4.78 is 31.6. The van der Waals surface area contributed by atoms with Crippen LogP contribution in [0, 0.1) is 0 Å². The fraction of sp³-hybridized carbons (Fsp3) is 0.235. The van der Waals surface area contributed by atoms with Crippen molar-refractivity contribution in [3.05, 3.63) is 58.6 Å². The lowest BCUT2D eigenvalue weighted by Crippen LogP contribution is -2.48. The lowest BCUT2D eigenvalue weighted by Gasteiger charge is -2.35. The smallest absolute Gasteiger partial charge is 0.322 e. The molecule has 0 saturated carbocycles. The van der Waals surface area contributed by atoms with Gasteiger partial charge in [-0.25, -0.2) is 13.6 Å². The average Bonchev–Trinajstić information content (AvgIpc) is 2.57. The second-order valence-electron chi connectivity index (χ2n) is 5.40. The van der Waals surface area contributed by atoms with Crippen molar-refractivity contribution in [3.8, 4) is 5.75 Å². The molecule has 0 aliphatic carbocycles. The maximum Gasteiger partial charge on any atom is 0.322 e. The molecule has 24 heavy (non-hydrogen) atoms. The third kappa shape index (κ3) is 3.14. The van der Waals surface area contributed by atoms with E-state index in [9.17, 15) is 13.6 Å². The third-order valence-corrected chi connectivity index (χ3v) is 4.13. The molecule has 4 nitrogen and oxygen atoms in total. The van der Waals surface area contributed by atoms with Gasteiger partial charge in [0.2, 0.25) is 0 Å². The lowest BCUT2D eigenvalue weighted by molar-refractivity contribution is 0.100.